The normalized spacial score (nSPS) is 19.5. The van der Waals surface area contributed by atoms with Gasteiger partial charge in [0.1, 0.15) is 29.5 Å². The topological polar surface area (TPSA) is 98.3 Å². The van der Waals surface area contributed by atoms with Crippen molar-refractivity contribution in [1.29, 1.82) is 0 Å². The molecule has 3 saturated heterocycles. The number of piperidine rings is 1. The lowest BCUT2D eigenvalue weighted by Gasteiger charge is -2.44. The van der Waals surface area contributed by atoms with Gasteiger partial charge in [0.15, 0.2) is 5.82 Å². The standard InChI is InChI=1S/C35H44F2N8O3/c1-5-34(46)41-27-19-28(31(47-4)20-30(27)44-12-9-24(10-13-44)43-16-14-42(15-17-43)23(2)3)40-32-21-33(39-22-38-32)45-29(11-18-48-45)35-25(36)7-6-8-26(35)37/h5-8,19-24,29H,1,9-18H2,2-4H3,(H,41,46)(H,38,39,40)/t29-/m0/s1. The fourth-order valence-electron chi connectivity index (χ4n) is 6.93. The van der Waals surface area contributed by atoms with Crippen molar-refractivity contribution in [2.45, 2.75) is 51.2 Å². The smallest absolute Gasteiger partial charge is 0.247 e. The van der Waals surface area contributed by atoms with Crippen molar-refractivity contribution in [3.63, 3.8) is 0 Å². The first kappa shape index (κ1) is 33.6. The van der Waals surface area contributed by atoms with Gasteiger partial charge < -0.3 is 20.3 Å². The van der Waals surface area contributed by atoms with Crippen LogP contribution in [0, 0.1) is 11.6 Å². The minimum Gasteiger partial charge on any atom is -0.494 e. The van der Waals surface area contributed by atoms with Crippen LogP contribution >= 0.6 is 0 Å². The SMILES string of the molecule is C=CC(=O)Nc1cc(Nc2cc(N3OCC[C@H]3c3c(F)cccc3F)ncn2)c(OC)cc1N1CCC(N2CCN(C(C)C)CC2)CC1. The molecule has 4 heterocycles. The highest BCUT2D eigenvalue weighted by Crippen LogP contribution is 2.41. The molecule has 1 atom stereocenters. The molecule has 1 aromatic heterocycles. The van der Waals surface area contributed by atoms with Crippen LogP contribution in [0.5, 0.6) is 5.75 Å². The highest BCUT2D eigenvalue weighted by atomic mass is 19.1. The number of piperazine rings is 1. The third-order valence-electron chi connectivity index (χ3n) is 9.54. The van der Waals surface area contributed by atoms with Crippen LogP contribution in [0.3, 0.4) is 0 Å². The Morgan fingerprint density at radius 2 is 1.75 bits per heavy atom. The number of amides is 1. The maximum atomic E-state index is 14.7. The highest BCUT2D eigenvalue weighted by molar-refractivity contribution is 6.02. The molecule has 0 unspecified atom stereocenters. The summed E-state index contributed by atoms with van der Waals surface area (Å²) in [5, 5.41) is 7.66. The Labute approximate surface area is 280 Å². The largest absolute Gasteiger partial charge is 0.494 e. The van der Waals surface area contributed by atoms with Crippen LogP contribution in [0.25, 0.3) is 0 Å². The summed E-state index contributed by atoms with van der Waals surface area (Å²) >= 11 is 0. The first-order valence-electron chi connectivity index (χ1n) is 16.6. The zero-order chi connectivity index (χ0) is 33.8. The van der Waals surface area contributed by atoms with E-state index in [1.165, 1.54) is 35.7 Å². The summed E-state index contributed by atoms with van der Waals surface area (Å²) in [6, 6.07) is 9.59. The summed E-state index contributed by atoms with van der Waals surface area (Å²) < 4.78 is 35.2. The van der Waals surface area contributed by atoms with Gasteiger partial charge in [0, 0.05) is 75.5 Å². The van der Waals surface area contributed by atoms with Gasteiger partial charge in [-0.3, -0.25) is 19.4 Å². The number of methoxy groups -OCH3 is 1. The Balaban J connectivity index is 1.21. The molecule has 0 radical (unpaired) electrons. The second-order valence-electron chi connectivity index (χ2n) is 12.6. The summed E-state index contributed by atoms with van der Waals surface area (Å²) in [6.45, 7) is 14.5. The first-order chi connectivity index (χ1) is 23.2. The molecule has 3 aliphatic heterocycles. The maximum absolute atomic E-state index is 14.7. The number of ether oxygens (including phenoxy) is 1. The molecule has 6 rings (SSSR count). The molecule has 0 spiro atoms. The predicted octanol–water partition coefficient (Wildman–Crippen LogP) is 5.51. The van der Waals surface area contributed by atoms with E-state index in [-0.39, 0.29) is 18.1 Å². The van der Waals surface area contributed by atoms with Crippen LogP contribution in [0.2, 0.25) is 0 Å². The van der Waals surface area contributed by atoms with Crippen LogP contribution in [-0.2, 0) is 9.63 Å². The van der Waals surface area contributed by atoms with Gasteiger partial charge in [-0.15, -0.1) is 0 Å². The van der Waals surface area contributed by atoms with Crippen molar-refractivity contribution < 1.29 is 23.1 Å². The van der Waals surface area contributed by atoms with Crippen LogP contribution in [0.15, 0.2) is 55.4 Å². The number of anilines is 5. The van der Waals surface area contributed by atoms with Crippen molar-refractivity contribution in [3.05, 3.63) is 72.6 Å². The molecule has 2 N–H and O–H groups in total. The van der Waals surface area contributed by atoms with Gasteiger partial charge in [0.05, 0.1) is 36.8 Å². The van der Waals surface area contributed by atoms with Crippen LogP contribution < -0.4 is 25.3 Å². The van der Waals surface area contributed by atoms with Gasteiger partial charge in [0.25, 0.3) is 0 Å². The third-order valence-corrected chi connectivity index (χ3v) is 9.54. The molecule has 13 heteroatoms. The Hall–Kier alpha value is -4.33. The molecule has 3 aromatic rings. The number of hydrogen-bond donors (Lipinski definition) is 2. The fourth-order valence-corrected chi connectivity index (χ4v) is 6.93. The summed E-state index contributed by atoms with van der Waals surface area (Å²) in [5.41, 5.74) is 1.96. The average Bonchev–Trinajstić information content (AvgIpc) is 3.58. The number of carbonyl (C=O) groups excluding carboxylic acids is 1. The monoisotopic (exact) mass is 662 g/mol. The van der Waals surface area contributed by atoms with E-state index < -0.39 is 17.7 Å². The zero-order valence-corrected chi connectivity index (χ0v) is 27.8. The summed E-state index contributed by atoms with van der Waals surface area (Å²) in [6.07, 6.45) is 5.03. The number of hydroxylamine groups is 1. The van der Waals surface area contributed by atoms with E-state index in [0.29, 0.717) is 47.3 Å². The lowest BCUT2D eigenvalue weighted by Crippen LogP contribution is -2.54. The van der Waals surface area contributed by atoms with Gasteiger partial charge in [-0.05, 0) is 51.0 Å². The Morgan fingerprint density at radius 1 is 1.02 bits per heavy atom. The van der Waals surface area contributed by atoms with E-state index in [4.69, 9.17) is 9.57 Å². The van der Waals surface area contributed by atoms with Crippen molar-refractivity contribution in [2.75, 3.05) is 73.6 Å². The first-order valence-corrected chi connectivity index (χ1v) is 16.6. The van der Waals surface area contributed by atoms with Crippen molar-refractivity contribution >= 4 is 34.6 Å². The number of rotatable bonds is 10. The number of nitrogens with one attached hydrogen (secondary N) is 2. The average molecular weight is 663 g/mol. The zero-order valence-electron chi connectivity index (χ0n) is 27.8. The van der Waals surface area contributed by atoms with Crippen LogP contribution in [0.1, 0.15) is 44.7 Å². The van der Waals surface area contributed by atoms with E-state index in [9.17, 15) is 13.6 Å². The Kier molecular flexibility index (Phi) is 10.4. The van der Waals surface area contributed by atoms with E-state index in [2.05, 4.69) is 55.7 Å². The van der Waals surface area contributed by atoms with E-state index >= 15 is 0 Å². The molecule has 11 nitrogen and oxygen atoms in total. The Bertz CT molecular complexity index is 1590. The molecule has 0 bridgehead atoms. The molecule has 256 valence electrons. The van der Waals surface area contributed by atoms with E-state index in [1.807, 2.05) is 12.1 Å². The molecular weight excluding hydrogens is 618 g/mol. The van der Waals surface area contributed by atoms with E-state index in [0.717, 1.165) is 57.8 Å². The highest BCUT2D eigenvalue weighted by Gasteiger charge is 2.34. The molecule has 48 heavy (non-hydrogen) atoms. The minimum absolute atomic E-state index is 0.0688. The van der Waals surface area contributed by atoms with Crippen molar-refractivity contribution in [2.24, 2.45) is 0 Å². The minimum atomic E-state index is -0.697. The molecule has 0 aliphatic carbocycles. The number of halogens is 2. The van der Waals surface area contributed by atoms with Gasteiger partial charge in [0.2, 0.25) is 5.91 Å². The van der Waals surface area contributed by atoms with Crippen LogP contribution in [0.4, 0.5) is 37.5 Å². The van der Waals surface area contributed by atoms with Crippen molar-refractivity contribution in [1.82, 2.24) is 19.8 Å². The molecular formula is C35H44F2N8O3. The second-order valence-corrected chi connectivity index (χ2v) is 12.6. The molecule has 3 aliphatic rings. The number of nitrogens with zero attached hydrogens (tertiary/aromatic N) is 6. The van der Waals surface area contributed by atoms with Crippen molar-refractivity contribution in [3.8, 4) is 5.75 Å². The number of aromatic nitrogens is 2. The molecule has 1 amide bonds. The third kappa shape index (κ3) is 7.23. The summed E-state index contributed by atoms with van der Waals surface area (Å²) in [7, 11) is 1.59. The second kappa shape index (κ2) is 14.8. The van der Waals surface area contributed by atoms with Gasteiger partial charge in [-0.2, -0.15) is 0 Å². The number of carbonyl (C=O) groups is 1. The Morgan fingerprint density at radius 3 is 2.42 bits per heavy atom. The predicted molar refractivity (Wildman–Crippen MR) is 183 cm³/mol. The van der Waals surface area contributed by atoms with Crippen LogP contribution in [-0.4, -0.2) is 90.7 Å². The van der Waals surface area contributed by atoms with E-state index in [1.54, 1.807) is 13.2 Å². The summed E-state index contributed by atoms with van der Waals surface area (Å²) in [4.78, 5) is 34.5. The summed E-state index contributed by atoms with van der Waals surface area (Å²) in [5.74, 6) is -0.328. The van der Waals surface area contributed by atoms with Gasteiger partial charge >= 0.3 is 0 Å². The lowest BCUT2D eigenvalue weighted by molar-refractivity contribution is -0.111. The lowest BCUT2D eigenvalue weighted by atomic mass is 10.0. The fraction of sp³-hybridized carbons (Fsp3) is 0.457. The van der Waals surface area contributed by atoms with Gasteiger partial charge in [-0.1, -0.05) is 12.6 Å². The molecule has 0 saturated carbocycles. The quantitative estimate of drug-likeness (QED) is 0.271. The molecule has 2 aromatic carbocycles. The number of hydrogen-bond acceptors (Lipinski definition) is 10. The molecule has 3 fully saturated rings. The maximum Gasteiger partial charge on any atom is 0.247 e. The number of benzene rings is 2. The van der Waals surface area contributed by atoms with Gasteiger partial charge in [-0.25, -0.2) is 23.8 Å².